The van der Waals surface area contributed by atoms with Crippen molar-refractivity contribution in [1.29, 1.82) is 0 Å². The van der Waals surface area contributed by atoms with Gasteiger partial charge in [0.15, 0.2) is 0 Å². The molecule has 1 amide bonds. The summed E-state index contributed by atoms with van der Waals surface area (Å²) in [7, 11) is 0. The quantitative estimate of drug-likeness (QED) is 0.888. The van der Waals surface area contributed by atoms with E-state index in [-0.39, 0.29) is 12.3 Å². The smallest absolute Gasteiger partial charge is 0.221 e. The molecule has 17 heavy (non-hydrogen) atoms. The molecular formula is C14H12ClNO. The highest BCUT2D eigenvalue weighted by Gasteiger charge is 2.01. The minimum atomic E-state index is -0.319. The van der Waals surface area contributed by atoms with E-state index >= 15 is 0 Å². The molecule has 3 heteroatoms. The van der Waals surface area contributed by atoms with Crippen molar-refractivity contribution in [3.05, 3.63) is 59.1 Å². The second-order valence-electron chi connectivity index (χ2n) is 3.85. The molecule has 0 fully saturated rings. The lowest BCUT2D eigenvalue weighted by atomic mass is 10.0. The van der Waals surface area contributed by atoms with Crippen molar-refractivity contribution in [1.82, 2.24) is 0 Å². The molecular weight excluding hydrogens is 234 g/mol. The summed E-state index contributed by atoms with van der Waals surface area (Å²) in [5.74, 6) is -0.319. The number of hydrogen-bond acceptors (Lipinski definition) is 1. The predicted octanol–water partition coefficient (Wildman–Crippen LogP) is 3.03. The van der Waals surface area contributed by atoms with Gasteiger partial charge in [0.2, 0.25) is 5.91 Å². The molecule has 0 saturated heterocycles. The number of halogens is 1. The average Bonchev–Trinajstić information content (AvgIpc) is 2.29. The van der Waals surface area contributed by atoms with Crippen LogP contribution in [0.25, 0.3) is 11.1 Å². The lowest BCUT2D eigenvalue weighted by Gasteiger charge is -2.03. The predicted molar refractivity (Wildman–Crippen MR) is 69.8 cm³/mol. The summed E-state index contributed by atoms with van der Waals surface area (Å²) in [5, 5.41) is 0.712. The van der Waals surface area contributed by atoms with Crippen molar-refractivity contribution >= 4 is 17.5 Å². The Bertz CT molecular complexity index is 534. The van der Waals surface area contributed by atoms with Crippen LogP contribution in [0, 0.1) is 0 Å². The second-order valence-corrected chi connectivity index (χ2v) is 4.29. The van der Waals surface area contributed by atoms with Crippen LogP contribution in [0.1, 0.15) is 5.56 Å². The van der Waals surface area contributed by atoms with E-state index in [0.717, 1.165) is 16.7 Å². The van der Waals surface area contributed by atoms with E-state index in [1.165, 1.54) is 0 Å². The minimum Gasteiger partial charge on any atom is -0.369 e. The van der Waals surface area contributed by atoms with Gasteiger partial charge in [0.1, 0.15) is 0 Å². The highest BCUT2D eigenvalue weighted by Crippen LogP contribution is 2.22. The van der Waals surface area contributed by atoms with E-state index in [2.05, 4.69) is 0 Å². The number of hydrogen-bond donors (Lipinski definition) is 1. The van der Waals surface area contributed by atoms with Crippen LogP contribution in [-0.4, -0.2) is 5.91 Å². The third-order valence-corrected chi connectivity index (χ3v) is 2.73. The summed E-state index contributed by atoms with van der Waals surface area (Å²) in [6, 6.07) is 15.4. The largest absolute Gasteiger partial charge is 0.369 e. The van der Waals surface area contributed by atoms with Crippen LogP contribution in [0.2, 0.25) is 5.02 Å². The Morgan fingerprint density at radius 2 is 1.76 bits per heavy atom. The van der Waals surface area contributed by atoms with Gasteiger partial charge in [0.05, 0.1) is 6.42 Å². The molecule has 2 rings (SSSR count). The van der Waals surface area contributed by atoms with Crippen molar-refractivity contribution in [2.75, 3.05) is 0 Å². The summed E-state index contributed by atoms with van der Waals surface area (Å²) >= 11 is 5.93. The monoisotopic (exact) mass is 245 g/mol. The Kier molecular flexibility index (Phi) is 3.45. The molecule has 2 nitrogen and oxygen atoms in total. The summed E-state index contributed by atoms with van der Waals surface area (Å²) in [4.78, 5) is 10.8. The Morgan fingerprint density at radius 3 is 2.35 bits per heavy atom. The molecule has 0 spiro atoms. The van der Waals surface area contributed by atoms with Crippen LogP contribution in [0.15, 0.2) is 48.5 Å². The number of carbonyl (C=O) groups is 1. The molecule has 0 heterocycles. The third kappa shape index (κ3) is 3.08. The van der Waals surface area contributed by atoms with Crippen molar-refractivity contribution in [3.63, 3.8) is 0 Å². The van der Waals surface area contributed by atoms with Gasteiger partial charge in [-0.25, -0.2) is 0 Å². The van der Waals surface area contributed by atoms with Crippen LogP contribution in [0.5, 0.6) is 0 Å². The lowest BCUT2D eigenvalue weighted by molar-refractivity contribution is -0.117. The average molecular weight is 246 g/mol. The number of carbonyl (C=O) groups excluding carboxylic acids is 1. The maximum atomic E-state index is 10.8. The molecule has 2 aromatic carbocycles. The molecule has 2 N–H and O–H groups in total. The summed E-state index contributed by atoms with van der Waals surface area (Å²) in [6.45, 7) is 0. The zero-order valence-electron chi connectivity index (χ0n) is 9.19. The van der Waals surface area contributed by atoms with Gasteiger partial charge in [-0.3, -0.25) is 4.79 Å². The molecule has 0 aliphatic heterocycles. The van der Waals surface area contributed by atoms with Gasteiger partial charge in [0, 0.05) is 5.02 Å². The number of amides is 1. The fraction of sp³-hybridized carbons (Fsp3) is 0.0714. The van der Waals surface area contributed by atoms with Crippen molar-refractivity contribution in [3.8, 4) is 11.1 Å². The van der Waals surface area contributed by atoms with Crippen LogP contribution in [0.4, 0.5) is 0 Å². The van der Waals surface area contributed by atoms with Gasteiger partial charge in [-0.15, -0.1) is 0 Å². The third-order valence-electron chi connectivity index (χ3n) is 2.49. The van der Waals surface area contributed by atoms with Crippen molar-refractivity contribution < 1.29 is 4.79 Å². The fourth-order valence-corrected chi connectivity index (χ4v) is 1.87. The first-order chi connectivity index (χ1) is 8.15. The maximum Gasteiger partial charge on any atom is 0.221 e. The van der Waals surface area contributed by atoms with Crippen LogP contribution in [0.3, 0.4) is 0 Å². The Hall–Kier alpha value is -1.80. The summed E-state index contributed by atoms with van der Waals surface area (Å²) in [5.41, 5.74) is 8.19. The molecule has 86 valence electrons. The molecule has 0 unspecified atom stereocenters. The highest BCUT2D eigenvalue weighted by molar-refractivity contribution is 6.30. The van der Waals surface area contributed by atoms with Gasteiger partial charge in [0.25, 0.3) is 0 Å². The number of primary amides is 1. The standard InChI is InChI=1S/C14H12ClNO/c15-13-3-1-2-12(9-13)11-6-4-10(5-7-11)8-14(16)17/h1-7,9H,8H2,(H2,16,17). The molecule has 0 atom stereocenters. The SMILES string of the molecule is NC(=O)Cc1ccc(-c2cccc(Cl)c2)cc1. The van der Waals surface area contributed by atoms with E-state index < -0.39 is 0 Å². The van der Waals surface area contributed by atoms with E-state index in [0.29, 0.717) is 5.02 Å². The molecule has 0 aliphatic rings. The van der Waals surface area contributed by atoms with E-state index in [9.17, 15) is 4.79 Å². The number of benzene rings is 2. The summed E-state index contributed by atoms with van der Waals surface area (Å²) in [6.07, 6.45) is 0.274. The van der Waals surface area contributed by atoms with E-state index in [4.69, 9.17) is 17.3 Å². The van der Waals surface area contributed by atoms with Crippen LogP contribution >= 0.6 is 11.6 Å². The molecule has 0 bridgehead atoms. The second kappa shape index (κ2) is 5.02. The Labute approximate surface area is 105 Å². The minimum absolute atomic E-state index is 0.274. The van der Waals surface area contributed by atoms with Crippen molar-refractivity contribution in [2.45, 2.75) is 6.42 Å². The van der Waals surface area contributed by atoms with Gasteiger partial charge in [-0.2, -0.15) is 0 Å². The zero-order chi connectivity index (χ0) is 12.3. The normalized spacial score (nSPS) is 10.2. The van der Waals surface area contributed by atoms with Gasteiger partial charge >= 0.3 is 0 Å². The van der Waals surface area contributed by atoms with E-state index in [1.807, 2.05) is 48.5 Å². The topological polar surface area (TPSA) is 43.1 Å². The van der Waals surface area contributed by atoms with Crippen molar-refractivity contribution in [2.24, 2.45) is 5.73 Å². The first-order valence-corrected chi connectivity index (χ1v) is 5.66. The first kappa shape index (κ1) is 11.7. The molecule has 0 saturated carbocycles. The molecule has 0 radical (unpaired) electrons. The molecule has 0 aliphatic carbocycles. The lowest BCUT2D eigenvalue weighted by Crippen LogP contribution is -2.13. The van der Waals surface area contributed by atoms with Gasteiger partial charge < -0.3 is 5.73 Å². The molecule has 2 aromatic rings. The first-order valence-electron chi connectivity index (χ1n) is 5.28. The Morgan fingerprint density at radius 1 is 1.06 bits per heavy atom. The highest BCUT2D eigenvalue weighted by atomic mass is 35.5. The van der Waals surface area contributed by atoms with Crippen LogP contribution in [-0.2, 0) is 11.2 Å². The zero-order valence-corrected chi connectivity index (χ0v) is 9.95. The van der Waals surface area contributed by atoms with E-state index in [1.54, 1.807) is 0 Å². The maximum absolute atomic E-state index is 10.8. The fourth-order valence-electron chi connectivity index (χ4n) is 1.68. The van der Waals surface area contributed by atoms with Gasteiger partial charge in [-0.1, -0.05) is 48.0 Å². The number of nitrogens with two attached hydrogens (primary N) is 1. The van der Waals surface area contributed by atoms with Crippen LogP contribution < -0.4 is 5.73 Å². The molecule has 0 aromatic heterocycles. The Balaban J connectivity index is 2.26. The number of rotatable bonds is 3. The summed E-state index contributed by atoms with van der Waals surface area (Å²) < 4.78 is 0. The van der Waals surface area contributed by atoms with Gasteiger partial charge in [-0.05, 0) is 28.8 Å².